The average Bonchev–Trinajstić information content (AvgIpc) is 2.86. The number of hydrogen-bond acceptors (Lipinski definition) is 4. The van der Waals surface area contributed by atoms with Crippen molar-refractivity contribution in [1.82, 2.24) is 0 Å². The SMILES string of the molecule is CCCC[C@@H](CC)C(=O)[O][Sn]([CH2]c1ccccc1)([CH2]c1ccccc1)[O]C(=O)[C@@H](CC)CCCC. The first kappa shape index (κ1) is 29.4. The van der Waals surface area contributed by atoms with Crippen LogP contribution in [0.2, 0.25) is 0 Å². The maximum absolute atomic E-state index is 13.5. The van der Waals surface area contributed by atoms with Gasteiger partial charge in [-0.1, -0.05) is 0 Å². The third kappa shape index (κ3) is 9.98. The Labute approximate surface area is 217 Å². The molecule has 192 valence electrons. The van der Waals surface area contributed by atoms with E-state index in [0.717, 1.165) is 62.5 Å². The molecule has 2 atom stereocenters. The number of carbonyl (C=O) groups excluding carboxylic acids is 2. The Morgan fingerprint density at radius 2 is 1.03 bits per heavy atom. The third-order valence-corrected chi connectivity index (χ3v) is 15.3. The summed E-state index contributed by atoms with van der Waals surface area (Å²) in [7, 11) is 0. The summed E-state index contributed by atoms with van der Waals surface area (Å²) in [6.07, 6.45) is 7.15. The molecule has 0 saturated heterocycles. The predicted molar refractivity (Wildman–Crippen MR) is 145 cm³/mol. The van der Waals surface area contributed by atoms with Gasteiger partial charge in [0.2, 0.25) is 0 Å². The van der Waals surface area contributed by atoms with Crippen molar-refractivity contribution in [2.45, 2.75) is 87.9 Å². The van der Waals surface area contributed by atoms with Gasteiger partial charge in [0.05, 0.1) is 0 Å². The molecule has 0 N–H and O–H groups in total. The molecule has 5 heteroatoms. The van der Waals surface area contributed by atoms with Gasteiger partial charge in [-0.2, -0.15) is 0 Å². The molecule has 0 aromatic heterocycles. The van der Waals surface area contributed by atoms with E-state index in [9.17, 15) is 9.59 Å². The molecule has 0 aliphatic carbocycles. The molecule has 2 aromatic carbocycles. The Balaban J connectivity index is 2.45. The van der Waals surface area contributed by atoms with Gasteiger partial charge in [-0.15, -0.1) is 0 Å². The molecule has 0 spiro atoms. The summed E-state index contributed by atoms with van der Waals surface area (Å²) >= 11 is -4.34. The minimum absolute atomic E-state index is 0.154. The first-order valence-electron chi connectivity index (χ1n) is 13.5. The van der Waals surface area contributed by atoms with E-state index >= 15 is 0 Å². The van der Waals surface area contributed by atoms with Gasteiger partial charge in [0.25, 0.3) is 0 Å². The molecule has 0 aliphatic heterocycles. The predicted octanol–water partition coefficient (Wildman–Crippen LogP) is 7.51. The molecule has 0 saturated carbocycles. The summed E-state index contributed by atoms with van der Waals surface area (Å²) in [5.41, 5.74) is 2.12. The van der Waals surface area contributed by atoms with Crippen LogP contribution in [-0.2, 0) is 24.6 Å². The van der Waals surface area contributed by atoms with Gasteiger partial charge in [-0.25, -0.2) is 0 Å². The van der Waals surface area contributed by atoms with Crippen molar-refractivity contribution in [1.29, 1.82) is 0 Å². The molecule has 0 heterocycles. The molecule has 35 heavy (non-hydrogen) atoms. The Hall–Kier alpha value is -1.82. The zero-order chi connectivity index (χ0) is 25.5. The Morgan fingerprint density at radius 3 is 1.34 bits per heavy atom. The van der Waals surface area contributed by atoms with E-state index < -0.39 is 19.2 Å². The van der Waals surface area contributed by atoms with E-state index in [-0.39, 0.29) is 23.8 Å². The van der Waals surface area contributed by atoms with E-state index in [4.69, 9.17) is 6.15 Å². The number of carbonyl (C=O) groups is 2. The first-order chi connectivity index (χ1) is 17.0. The molecule has 0 aliphatic rings. The average molecular weight is 587 g/mol. The van der Waals surface area contributed by atoms with Gasteiger partial charge in [-0.05, 0) is 0 Å². The Morgan fingerprint density at radius 1 is 0.657 bits per heavy atom. The van der Waals surface area contributed by atoms with E-state index in [0.29, 0.717) is 8.87 Å². The van der Waals surface area contributed by atoms with E-state index in [1.54, 1.807) is 0 Å². The molecule has 0 fully saturated rings. The second-order valence-corrected chi connectivity index (χ2v) is 18.0. The topological polar surface area (TPSA) is 52.6 Å². The van der Waals surface area contributed by atoms with E-state index in [1.165, 1.54) is 0 Å². The van der Waals surface area contributed by atoms with Crippen LogP contribution in [0.3, 0.4) is 0 Å². The fraction of sp³-hybridized carbons (Fsp3) is 0.533. The van der Waals surface area contributed by atoms with E-state index in [1.807, 2.05) is 74.5 Å². The molecular formula is C30H44O4Sn. The normalized spacial score (nSPS) is 13.1. The quantitative estimate of drug-likeness (QED) is 0.191. The van der Waals surface area contributed by atoms with Crippen LogP contribution in [0, 0.1) is 11.8 Å². The fourth-order valence-electron chi connectivity index (χ4n) is 4.45. The van der Waals surface area contributed by atoms with Crippen molar-refractivity contribution < 1.29 is 15.7 Å². The summed E-state index contributed by atoms with van der Waals surface area (Å²) in [4.78, 5) is 27.0. The third-order valence-electron chi connectivity index (χ3n) is 6.67. The summed E-state index contributed by atoms with van der Waals surface area (Å²) in [5.74, 6) is -0.673. The fourth-order valence-corrected chi connectivity index (χ4v) is 13.7. The van der Waals surface area contributed by atoms with Crippen LogP contribution in [0.5, 0.6) is 0 Å². The Kier molecular flexibility index (Phi) is 13.5. The standard InChI is InChI=1S/2C8H16O2.2C7H7.Sn/c2*1-3-5-6-7(4-2)8(9)10;2*1-7-5-3-2-4-6-7;/h2*7H,3-6H2,1-2H3,(H,9,10);2*2-6H,1H2;/q;;;;+2/p-2/t2*7-;;;/m10.../s1. The van der Waals surface area contributed by atoms with Crippen molar-refractivity contribution in [3.63, 3.8) is 0 Å². The molecule has 4 nitrogen and oxygen atoms in total. The van der Waals surface area contributed by atoms with Gasteiger partial charge in [0.1, 0.15) is 0 Å². The van der Waals surface area contributed by atoms with E-state index in [2.05, 4.69) is 13.8 Å². The van der Waals surface area contributed by atoms with Crippen molar-refractivity contribution >= 4 is 31.1 Å². The molecule has 0 amide bonds. The minimum atomic E-state index is -4.34. The second kappa shape index (κ2) is 16.0. The zero-order valence-electron chi connectivity index (χ0n) is 22.1. The first-order valence-corrected chi connectivity index (χ1v) is 19.9. The van der Waals surface area contributed by atoms with Gasteiger partial charge in [0, 0.05) is 0 Å². The van der Waals surface area contributed by atoms with Crippen molar-refractivity contribution in [2.24, 2.45) is 11.8 Å². The van der Waals surface area contributed by atoms with Gasteiger partial charge >= 0.3 is 218 Å². The molecule has 0 radical (unpaired) electrons. The van der Waals surface area contributed by atoms with Crippen LogP contribution in [0.15, 0.2) is 60.7 Å². The molecule has 2 aromatic rings. The molecule has 2 rings (SSSR count). The number of unbranched alkanes of at least 4 members (excludes halogenated alkanes) is 2. The molecule has 0 unspecified atom stereocenters. The number of hydrogen-bond donors (Lipinski definition) is 0. The summed E-state index contributed by atoms with van der Waals surface area (Å²) < 4.78 is 14.0. The summed E-state index contributed by atoms with van der Waals surface area (Å²) in [6, 6.07) is 20.1. The summed E-state index contributed by atoms with van der Waals surface area (Å²) in [6.45, 7) is 8.35. The van der Waals surface area contributed by atoms with Crippen LogP contribution >= 0.6 is 0 Å². The van der Waals surface area contributed by atoms with Gasteiger partial charge in [0.15, 0.2) is 0 Å². The van der Waals surface area contributed by atoms with Gasteiger partial charge < -0.3 is 0 Å². The van der Waals surface area contributed by atoms with Crippen LogP contribution in [0.1, 0.15) is 90.2 Å². The van der Waals surface area contributed by atoms with Crippen molar-refractivity contribution in [2.75, 3.05) is 0 Å². The van der Waals surface area contributed by atoms with Crippen LogP contribution in [-0.4, -0.2) is 31.1 Å². The maximum atomic E-state index is 13.5. The molecular weight excluding hydrogens is 543 g/mol. The van der Waals surface area contributed by atoms with Crippen LogP contribution in [0.4, 0.5) is 0 Å². The van der Waals surface area contributed by atoms with Crippen molar-refractivity contribution in [3.05, 3.63) is 71.8 Å². The van der Waals surface area contributed by atoms with Gasteiger partial charge in [-0.3, -0.25) is 0 Å². The monoisotopic (exact) mass is 588 g/mol. The zero-order valence-corrected chi connectivity index (χ0v) is 25.0. The summed E-state index contributed by atoms with van der Waals surface area (Å²) in [5, 5.41) is 0. The number of benzene rings is 2. The molecule has 0 bridgehead atoms. The Bertz CT molecular complexity index is 795. The van der Waals surface area contributed by atoms with Crippen LogP contribution in [0.25, 0.3) is 0 Å². The number of rotatable bonds is 16. The van der Waals surface area contributed by atoms with Crippen molar-refractivity contribution in [3.8, 4) is 0 Å². The van der Waals surface area contributed by atoms with Crippen LogP contribution < -0.4 is 0 Å². The second-order valence-electron chi connectivity index (χ2n) is 9.57.